The van der Waals surface area contributed by atoms with E-state index in [9.17, 15) is 4.79 Å². The van der Waals surface area contributed by atoms with Crippen molar-refractivity contribution in [1.82, 2.24) is 4.90 Å². The second-order valence-corrected chi connectivity index (χ2v) is 3.67. The Labute approximate surface area is 73.9 Å². The Morgan fingerprint density at radius 3 is 2.67 bits per heavy atom. The van der Waals surface area contributed by atoms with E-state index in [2.05, 4.69) is 12.8 Å². The summed E-state index contributed by atoms with van der Waals surface area (Å²) >= 11 is 0. The minimum Gasteiger partial charge on any atom is -0.334 e. The van der Waals surface area contributed by atoms with Crippen molar-refractivity contribution in [2.75, 3.05) is 13.6 Å². The first kappa shape index (κ1) is 9.12. The molecule has 0 unspecified atom stereocenters. The molecule has 2 heteroatoms. The van der Waals surface area contributed by atoms with Crippen LogP contribution in [-0.2, 0) is 4.79 Å². The smallest absolute Gasteiger partial charge is 0.226 e. The largest absolute Gasteiger partial charge is 0.334 e. The minimum atomic E-state index is 0.214. The Morgan fingerprint density at radius 2 is 2.25 bits per heavy atom. The highest BCUT2D eigenvalue weighted by Gasteiger charge is 2.32. The summed E-state index contributed by atoms with van der Waals surface area (Å²) in [4.78, 5) is 13.1. The summed E-state index contributed by atoms with van der Waals surface area (Å²) in [6.07, 6.45) is 7.18. The summed E-state index contributed by atoms with van der Waals surface area (Å²) in [6, 6.07) is 0. The average molecular weight is 165 g/mol. The van der Waals surface area contributed by atoms with Gasteiger partial charge in [0.2, 0.25) is 5.91 Å². The molecule has 0 aliphatic heterocycles. The van der Waals surface area contributed by atoms with Gasteiger partial charge in [-0.15, -0.1) is 6.42 Å². The fraction of sp³-hybridized carbons (Fsp3) is 0.700. The maximum Gasteiger partial charge on any atom is 0.226 e. The quantitative estimate of drug-likeness (QED) is 0.561. The molecule has 0 spiro atoms. The van der Waals surface area contributed by atoms with Gasteiger partial charge in [0.1, 0.15) is 0 Å². The second-order valence-electron chi connectivity index (χ2n) is 3.67. The molecule has 1 aliphatic carbocycles. The summed E-state index contributed by atoms with van der Waals surface area (Å²) in [5.41, 5.74) is 0. The van der Waals surface area contributed by atoms with Crippen LogP contribution in [0.3, 0.4) is 0 Å². The third-order valence-corrected chi connectivity index (χ3v) is 2.43. The molecule has 1 amide bonds. The van der Waals surface area contributed by atoms with Crippen molar-refractivity contribution < 1.29 is 4.79 Å². The van der Waals surface area contributed by atoms with Crippen LogP contribution >= 0.6 is 0 Å². The van der Waals surface area contributed by atoms with E-state index >= 15 is 0 Å². The van der Waals surface area contributed by atoms with Crippen LogP contribution in [0, 0.1) is 24.2 Å². The molecular weight excluding hydrogens is 150 g/mol. The van der Waals surface area contributed by atoms with Crippen molar-refractivity contribution in [1.29, 1.82) is 0 Å². The van der Waals surface area contributed by atoms with Gasteiger partial charge in [-0.25, -0.2) is 0 Å². The van der Waals surface area contributed by atoms with Gasteiger partial charge in [0, 0.05) is 13.0 Å². The fourth-order valence-corrected chi connectivity index (χ4v) is 1.63. The highest BCUT2D eigenvalue weighted by atomic mass is 16.2. The van der Waals surface area contributed by atoms with Gasteiger partial charge < -0.3 is 4.90 Å². The minimum absolute atomic E-state index is 0.214. The molecule has 0 N–H and O–H groups in total. The molecule has 0 aromatic carbocycles. The molecule has 0 heterocycles. The van der Waals surface area contributed by atoms with E-state index in [4.69, 9.17) is 6.42 Å². The van der Waals surface area contributed by atoms with Gasteiger partial charge in [0.05, 0.1) is 6.54 Å². The van der Waals surface area contributed by atoms with Gasteiger partial charge in [-0.3, -0.25) is 4.79 Å². The Morgan fingerprint density at radius 1 is 1.67 bits per heavy atom. The predicted molar refractivity (Wildman–Crippen MR) is 48.4 cm³/mol. The van der Waals surface area contributed by atoms with E-state index in [0.717, 1.165) is 18.8 Å². The molecule has 0 saturated heterocycles. The van der Waals surface area contributed by atoms with Gasteiger partial charge >= 0.3 is 0 Å². The van der Waals surface area contributed by atoms with E-state index < -0.39 is 0 Å². The molecule has 1 aliphatic rings. The van der Waals surface area contributed by atoms with Gasteiger partial charge in [-0.2, -0.15) is 0 Å². The lowest BCUT2D eigenvalue weighted by atomic mass is 9.75. The number of carbonyl (C=O) groups excluding carboxylic acids is 1. The van der Waals surface area contributed by atoms with Gasteiger partial charge in [-0.05, 0) is 18.8 Å². The van der Waals surface area contributed by atoms with Crippen LogP contribution in [0.25, 0.3) is 0 Å². The number of carbonyl (C=O) groups is 1. The normalized spacial score (nSPS) is 27.1. The predicted octanol–water partition coefficient (Wildman–Crippen LogP) is 1.12. The molecule has 66 valence electrons. The number of hydrogen-bond donors (Lipinski definition) is 0. The molecule has 0 aromatic rings. The summed E-state index contributed by atoms with van der Waals surface area (Å²) in [7, 11) is 1.77. The van der Waals surface area contributed by atoms with E-state index in [1.54, 1.807) is 11.9 Å². The lowest BCUT2D eigenvalue weighted by Crippen LogP contribution is -2.39. The van der Waals surface area contributed by atoms with Crippen LogP contribution in [-0.4, -0.2) is 24.4 Å². The Bertz CT molecular complexity index is 210. The maximum atomic E-state index is 11.5. The number of hydrogen-bond acceptors (Lipinski definition) is 1. The summed E-state index contributed by atoms with van der Waals surface area (Å²) < 4.78 is 0. The average Bonchev–Trinajstić information content (AvgIpc) is 1.98. The topological polar surface area (TPSA) is 20.3 Å². The maximum absolute atomic E-state index is 11.5. The number of rotatable bonds is 2. The zero-order chi connectivity index (χ0) is 9.14. The van der Waals surface area contributed by atoms with Crippen molar-refractivity contribution in [3.8, 4) is 12.3 Å². The van der Waals surface area contributed by atoms with E-state index in [0.29, 0.717) is 6.54 Å². The van der Waals surface area contributed by atoms with Crippen LogP contribution in [0.2, 0.25) is 0 Å². The lowest BCUT2D eigenvalue weighted by Gasteiger charge is -2.33. The van der Waals surface area contributed by atoms with Gasteiger partial charge in [-0.1, -0.05) is 12.8 Å². The lowest BCUT2D eigenvalue weighted by molar-refractivity contribution is -0.137. The first-order valence-corrected chi connectivity index (χ1v) is 4.33. The van der Waals surface area contributed by atoms with Crippen molar-refractivity contribution in [2.24, 2.45) is 11.8 Å². The molecule has 1 rings (SSSR count). The molecule has 12 heavy (non-hydrogen) atoms. The third-order valence-electron chi connectivity index (χ3n) is 2.43. The molecule has 0 radical (unpaired) electrons. The Balaban J connectivity index is 2.34. The molecule has 0 aromatic heterocycles. The molecule has 1 fully saturated rings. The van der Waals surface area contributed by atoms with Crippen LogP contribution in [0.4, 0.5) is 0 Å². The standard InChI is InChI=1S/C10H15NO/c1-4-5-11(3)10(12)9-6-8(2)7-9/h1,8-9H,5-7H2,2-3H3. The van der Waals surface area contributed by atoms with Crippen LogP contribution in [0.5, 0.6) is 0 Å². The van der Waals surface area contributed by atoms with E-state index in [-0.39, 0.29) is 11.8 Å². The van der Waals surface area contributed by atoms with Gasteiger partial charge in [0.25, 0.3) is 0 Å². The SMILES string of the molecule is C#CCN(C)C(=O)C1CC(C)C1. The van der Waals surface area contributed by atoms with Crippen molar-refractivity contribution >= 4 is 5.91 Å². The van der Waals surface area contributed by atoms with E-state index in [1.165, 1.54) is 0 Å². The summed E-state index contributed by atoms with van der Waals surface area (Å²) in [5, 5.41) is 0. The number of nitrogens with zero attached hydrogens (tertiary/aromatic N) is 1. The van der Waals surface area contributed by atoms with E-state index in [1.807, 2.05) is 0 Å². The Hall–Kier alpha value is -0.970. The fourth-order valence-electron chi connectivity index (χ4n) is 1.63. The third kappa shape index (κ3) is 1.79. The molecule has 0 atom stereocenters. The van der Waals surface area contributed by atoms with Crippen molar-refractivity contribution in [2.45, 2.75) is 19.8 Å². The van der Waals surface area contributed by atoms with Crippen molar-refractivity contribution in [3.05, 3.63) is 0 Å². The molecule has 2 nitrogen and oxygen atoms in total. The highest BCUT2D eigenvalue weighted by molar-refractivity contribution is 5.79. The van der Waals surface area contributed by atoms with Crippen LogP contribution < -0.4 is 0 Å². The second kappa shape index (κ2) is 3.62. The van der Waals surface area contributed by atoms with Crippen LogP contribution in [0.1, 0.15) is 19.8 Å². The first-order valence-electron chi connectivity index (χ1n) is 4.33. The first-order chi connectivity index (χ1) is 5.65. The number of terminal acetylenes is 1. The zero-order valence-corrected chi connectivity index (χ0v) is 7.71. The monoisotopic (exact) mass is 165 g/mol. The Kier molecular flexibility index (Phi) is 2.75. The zero-order valence-electron chi connectivity index (χ0n) is 7.71. The van der Waals surface area contributed by atoms with Gasteiger partial charge in [0.15, 0.2) is 0 Å². The number of amides is 1. The highest BCUT2D eigenvalue weighted by Crippen LogP contribution is 2.33. The summed E-state index contributed by atoms with van der Waals surface area (Å²) in [6.45, 7) is 2.61. The molecular formula is C10H15NO. The van der Waals surface area contributed by atoms with Crippen LogP contribution in [0.15, 0.2) is 0 Å². The summed E-state index contributed by atoms with van der Waals surface area (Å²) in [5.74, 6) is 3.65. The molecule has 1 saturated carbocycles. The molecule has 0 bridgehead atoms. The van der Waals surface area contributed by atoms with Crippen molar-refractivity contribution in [3.63, 3.8) is 0 Å².